The highest BCUT2D eigenvalue weighted by Gasteiger charge is 2.45. The molecule has 1 nitrogen and oxygen atoms in total. The lowest BCUT2D eigenvalue weighted by Gasteiger charge is -2.34. The monoisotopic (exact) mass is 925 g/mol. The molecule has 0 fully saturated rings. The summed E-state index contributed by atoms with van der Waals surface area (Å²) in [7, 11) is 0. The Morgan fingerprint density at radius 3 is 1.71 bits per heavy atom. The van der Waals surface area contributed by atoms with Crippen LogP contribution in [0.1, 0.15) is 59.7 Å². The van der Waals surface area contributed by atoms with Gasteiger partial charge in [0, 0.05) is 16.5 Å². The molecule has 1 aliphatic rings. The molecule has 0 saturated heterocycles. The molecule has 1 heteroatoms. The third kappa shape index (κ3) is 8.98. The first-order chi connectivity index (χ1) is 35.6. The van der Waals surface area contributed by atoms with Crippen molar-refractivity contribution >= 4 is 33.5 Å². The topological polar surface area (TPSA) is 4.93 Å². The zero-order valence-electron chi connectivity index (χ0n) is 41.6. The van der Waals surface area contributed by atoms with E-state index >= 15 is 0 Å². The molecule has 11 aromatic rings. The highest BCUT2D eigenvalue weighted by Crippen LogP contribution is 2.56. The first-order valence-electron chi connectivity index (χ1n) is 25.3. The number of nitrogens with zero attached hydrogens (tertiary/aromatic N) is 1. The van der Waals surface area contributed by atoms with Crippen LogP contribution in [0.2, 0.25) is 0 Å². The van der Waals surface area contributed by atoms with Crippen LogP contribution >= 0.6 is 0 Å². The van der Waals surface area contributed by atoms with Crippen molar-refractivity contribution < 1.29 is 0 Å². The van der Waals surface area contributed by atoms with E-state index in [9.17, 15) is 0 Å². The summed E-state index contributed by atoms with van der Waals surface area (Å²) >= 11 is 0. The molecule has 0 bridgehead atoms. The summed E-state index contributed by atoms with van der Waals surface area (Å²) in [5.74, 6) is 0. The van der Waals surface area contributed by atoms with Crippen LogP contribution in [0, 0.1) is 6.92 Å². The Morgan fingerprint density at radius 2 is 1.00 bits per heavy atom. The van der Waals surface area contributed by atoms with Crippen LogP contribution < -0.4 is 0 Å². The number of rotatable bonds is 9. The van der Waals surface area contributed by atoms with E-state index in [1.54, 1.807) is 0 Å². The van der Waals surface area contributed by atoms with Gasteiger partial charge in [-0.25, -0.2) is 0 Å². The van der Waals surface area contributed by atoms with Crippen LogP contribution in [0.3, 0.4) is 0 Å². The Morgan fingerprint density at radius 1 is 0.431 bits per heavy atom. The summed E-state index contributed by atoms with van der Waals surface area (Å²) in [6.45, 7) is 8.23. The Bertz CT molecular complexity index is 3660. The average molecular weight is 926 g/mol. The summed E-state index contributed by atoms with van der Waals surface area (Å²) < 4.78 is 2.36. The number of fused-ring (bicyclic) bond motifs is 6. The van der Waals surface area contributed by atoms with E-state index < -0.39 is 0 Å². The molecular formula is C71H59N. The summed E-state index contributed by atoms with van der Waals surface area (Å²) in [6, 6.07) is 91.9. The van der Waals surface area contributed by atoms with Gasteiger partial charge in [-0.1, -0.05) is 257 Å². The molecule has 348 valence electrons. The third-order valence-electron chi connectivity index (χ3n) is 13.8. The standard InChI is InChI=1S/C38H30.C31H23N.C2H6/c1-2-15-30(31-17-6-3-7-18-31)19-14-16-29-26-27-35-34-24-12-13-25-36(34)38(37(35)28-29,32-20-8-4-9-21-32)33-22-10-5-11-23-33;1-22-10-5-6-15-27(22)25-12-9-11-23(20-25)24-18-19-31-29(21-24)28-16-7-8-17-30(28)32(31)26-13-3-2-4-14-26;1-2/h2-28H,1H3;2-21H,1H3;1-2H3/b15-2+,16-14-,30-19+;;. The number of aromatic nitrogens is 1. The van der Waals surface area contributed by atoms with E-state index in [4.69, 9.17) is 0 Å². The zero-order chi connectivity index (χ0) is 49.3. The third-order valence-corrected chi connectivity index (χ3v) is 13.8. The van der Waals surface area contributed by atoms with Gasteiger partial charge in [-0.2, -0.15) is 0 Å². The number of aryl methyl sites for hydroxylation is 1. The van der Waals surface area contributed by atoms with Crippen molar-refractivity contribution in [2.24, 2.45) is 0 Å². The summed E-state index contributed by atoms with van der Waals surface area (Å²) in [6.07, 6.45) is 10.8. The van der Waals surface area contributed by atoms with Gasteiger partial charge in [-0.05, 0) is 134 Å². The molecule has 0 atom stereocenters. The average Bonchev–Trinajstić information content (AvgIpc) is 3.95. The molecule has 0 radical (unpaired) electrons. The number of allylic oxidation sites excluding steroid dienone is 5. The Labute approximate surface area is 426 Å². The van der Waals surface area contributed by atoms with Crippen molar-refractivity contribution in [3.63, 3.8) is 0 Å². The van der Waals surface area contributed by atoms with Crippen molar-refractivity contribution in [2.45, 2.75) is 33.1 Å². The molecule has 0 amide bonds. The van der Waals surface area contributed by atoms with Crippen molar-refractivity contribution in [1.82, 2.24) is 4.57 Å². The molecule has 0 unspecified atom stereocenters. The number of hydrogen-bond donors (Lipinski definition) is 0. The normalized spacial score (nSPS) is 12.5. The Hall–Kier alpha value is -8.78. The van der Waals surface area contributed by atoms with Crippen molar-refractivity contribution in [1.29, 1.82) is 0 Å². The molecule has 12 rings (SSSR count). The molecular weight excluding hydrogens is 867 g/mol. The molecule has 0 N–H and O–H groups in total. The number of hydrogen-bond acceptors (Lipinski definition) is 0. The summed E-state index contributed by atoms with van der Waals surface area (Å²) in [5.41, 5.74) is 21.1. The van der Waals surface area contributed by atoms with Gasteiger partial charge in [-0.15, -0.1) is 0 Å². The quantitative estimate of drug-likeness (QED) is 0.127. The first-order valence-corrected chi connectivity index (χ1v) is 25.3. The van der Waals surface area contributed by atoms with Crippen LogP contribution in [0.15, 0.2) is 279 Å². The van der Waals surface area contributed by atoms with Crippen LogP contribution in [0.25, 0.3) is 72.5 Å². The highest BCUT2D eigenvalue weighted by molar-refractivity contribution is 6.10. The van der Waals surface area contributed by atoms with E-state index in [1.807, 2.05) is 13.8 Å². The first kappa shape index (κ1) is 46.9. The smallest absolute Gasteiger partial charge is 0.0713 e. The number of para-hydroxylation sites is 2. The zero-order valence-corrected chi connectivity index (χ0v) is 41.6. The maximum absolute atomic E-state index is 2.39. The molecule has 72 heavy (non-hydrogen) atoms. The van der Waals surface area contributed by atoms with Crippen molar-refractivity contribution in [3.05, 3.63) is 318 Å². The Balaban J connectivity index is 0.000000162. The minimum Gasteiger partial charge on any atom is -0.309 e. The summed E-state index contributed by atoms with van der Waals surface area (Å²) in [4.78, 5) is 0. The molecule has 1 heterocycles. The lowest BCUT2D eigenvalue weighted by molar-refractivity contribution is 0.768. The second-order valence-corrected chi connectivity index (χ2v) is 18.0. The van der Waals surface area contributed by atoms with Gasteiger partial charge in [0.2, 0.25) is 0 Å². The van der Waals surface area contributed by atoms with Gasteiger partial charge in [0.15, 0.2) is 0 Å². The van der Waals surface area contributed by atoms with E-state index in [1.165, 1.54) is 105 Å². The highest BCUT2D eigenvalue weighted by atomic mass is 15.0. The molecule has 0 spiro atoms. The van der Waals surface area contributed by atoms with Gasteiger partial charge in [-0.3, -0.25) is 0 Å². The fourth-order valence-electron chi connectivity index (χ4n) is 10.7. The molecule has 10 aromatic carbocycles. The number of benzene rings is 10. The molecule has 0 saturated carbocycles. The van der Waals surface area contributed by atoms with Crippen LogP contribution in [-0.2, 0) is 5.41 Å². The molecule has 1 aromatic heterocycles. The fraction of sp³-hybridized carbons (Fsp3) is 0.0704. The van der Waals surface area contributed by atoms with E-state index in [-0.39, 0.29) is 5.41 Å². The largest absolute Gasteiger partial charge is 0.309 e. The lowest BCUT2D eigenvalue weighted by atomic mass is 9.67. The SMILES string of the molecule is C/C=C/C(=C\C=C/c1ccc2c(c1)C(c1ccccc1)(c1ccccc1)c1ccccc1-2)c1ccccc1.CC.Cc1ccccc1-c1cccc(-c2ccc3c(c2)c2ccccc2n3-c2ccccc2)c1. The van der Waals surface area contributed by atoms with Crippen molar-refractivity contribution in [2.75, 3.05) is 0 Å². The predicted molar refractivity (Wildman–Crippen MR) is 310 cm³/mol. The Kier molecular flexibility index (Phi) is 14.0. The van der Waals surface area contributed by atoms with Gasteiger partial charge in [0.1, 0.15) is 0 Å². The molecule has 0 aliphatic heterocycles. The lowest BCUT2D eigenvalue weighted by Crippen LogP contribution is -2.28. The van der Waals surface area contributed by atoms with Crippen LogP contribution in [0.5, 0.6) is 0 Å². The second kappa shape index (κ2) is 21.5. The van der Waals surface area contributed by atoms with Gasteiger partial charge in [0.25, 0.3) is 0 Å². The maximum atomic E-state index is 2.39. The minimum absolute atomic E-state index is 0.367. The van der Waals surface area contributed by atoms with Gasteiger partial charge >= 0.3 is 0 Å². The van der Waals surface area contributed by atoms with E-state index in [0.29, 0.717) is 0 Å². The maximum Gasteiger partial charge on any atom is 0.0713 e. The van der Waals surface area contributed by atoms with Crippen LogP contribution in [0.4, 0.5) is 0 Å². The van der Waals surface area contributed by atoms with Crippen LogP contribution in [-0.4, -0.2) is 4.57 Å². The minimum atomic E-state index is -0.367. The van der Waals surface area contributed by atoms with Gasteiger partial charge < -0.3 is 4.57 Å². The van der Waals surface area contributed by atoms with Gasteiger partial charge in [0.05, 0.1) is 16.4 Å². The molecule has 1 aliphatic carbocycles. The van der Waals surface area contributed by atoms with E-state index in [2.05, 4.69) is 304 Å². The fourth-order valence-corrected chi connectivity index (χ4v) is 10.7. The van der Waals surface area contributed by atoms with E-state index in [0.717, 1.165) is 0 Å². The second-order valence-electron chi connectivity index (χ2n) is 18.0. The predicted octanol–water partition coefficient (Wildman–Crippen LogP) is 19.2. The van der Waals surface area contributed by atoms with Crippen molar-refractivity contribution in [3.8, 4) is 39.1 Å². The summed E-state index contributed by atoms with van der Waals surface area (Å²) in [5, 5.41) is 2.56.